The van der Waals surface area contributed by atoms with E-state index >= 15 is 0 Å². The molecule has 1 aromatic heterocycles. The van der Waals surface area contributed by atoms with Crippen molar-refractivity contribution in [3.63, 3.8) is 0 Å². The van der Waals surface area contributed by atoms with Crippen LogP contribution < -0.4 is 10.2 Å². The summed E-state index contributed by atoms with van der Waals surface area (Å²) in [6.07, 6.45) is 1.49. The number of para-hydroxylation sites is 1. The smallest absolute Gasteiger partial charge is 0.270 e. The summed E-state index contributed by atoms with van der Waals surface area (Å²) in [6, 6.07) is 12.6. The summed E-state index contributed by atoms with van der Waals surface area (Å²) < 4.78 is 0. The third kappa shape index (κ3) is 4.16. The number of pyridine rings is 1. The highest BCUT2D eigenvalue weighted by atomic mass is 16.2. The summed E-state index contributed by atoms with van der Waals surface area (Å²) in [5.41, 5.74) is 1.51. The normalized spacial score (nSPS) is 10.4. The Hall–Kier alpha value is -2.69. The Balaban J connectivity index is 2.27. The van der Waals surface area contributed by atoms with Gasteiger partial charge in [0.25, 0.3) is 11.8 Å². The van der Waals surface area contributed by atoms with Gasteiger partial charge in [0.1, 0.15) is 5.69 Å². The molecule has 0 aliphatic carbocycles. The third-order valence-electron chi connectivity index (χ3n) is 3.29. The van der Waals surface area contributed by atoms with Gasteiger partial charge in [0, 0.05) is 30.0 Å². The average molecular weight is 311 g/mol. The van der Waals surface area contributed by atoms with Crippen LogP contribution in [0, 0.1) is 0 Å². The largest absolute Gasteiger partial charge is 0.349 e. The molecule has 0 unspecified atom stereocenters. The number of nitrogens with one attached hydrogen (secondary N) is 1. The van der Waals surface area contributed by atoms with Gasteiger partial charge < -0.3 is 10.2 Å². The fourth-order valence-electron chi connectivity index (χ4n) is 2.23. The van der Waals surface area contributed by atoms with Crippen LogP contribution in [0.1, 0.15) is 41.6 Å². The summed E-state index contributed by atoms with van der Waals surface area (Å²) in [7, 11) is 0. The fourth-order valence-corrected chi connectivity index (χ4v) is 2.23. The number of nitrogens with zero attached hydrogens (tertiary/aromatic N) is 2. The lowest BCUT2D eigenvalue weighted by atomic mass is 10.1. The molecule has 0 saturated heterocycles. The van der Waals surface area contributed by atoms with Crippen LogP contribution in [0.15, 0.2) is 48.7 Å². The number of carbonyl (C=O) groups excluding carboxylic acids is 2. The van der Waals surface area contributed by atoms with E-state index in [0.29, 0.717) is 12.1 Å². The number of amides is 2. The highest BCUT2D eigenvalue weighted by Crippen LogP contribution is 2.16. The van der Waals surface area contributed by atoms with Gasteiger partial charge in [-0.15, -0.1) is 0 Å². The first-order chi connectivity index (χ1) is 11.0. The van der Waals surface area contributed by atoms with Gasteiger partial charge in [-0.1, -0.05) is 18.2 Å². The Morgan fingerprint density at radius 2 is 1.87 bits per heavy atom. The van der Waals surface area contributed by atoms with E-state index in [1.807, 2.05) is 51.1 Å². The minimum atomic E-state index is -0.280. The molecule has 1 heterocycles. The van der Waals surface area contributed by atoms with E-state index in [2.05, 4.69) is 10.3 Å². The molecule has 5 nitrogen and oxygen atoms in total. The van der Waals surface area contributed by atoms with E-state index in [4.69, 9.17) is 0 Å². The topological polar surface area (TPSA) is 62.3 Å². The van der Waals surface area contributed by atoms with Crippen LogP contribution >= 0.6 is 0 Å². The lowest BCUT2D eigenvalue weighted by molar-refractivity contribution is 0.0938. The molecule has 0 bridgehead atoms. The first-order valence-corrected chi connectivity index (χ1v) is 7.66. The van der Waals surface area contributed by atoms with Crippen molar-refractivity contribution in [3.05, 3.63) is 59.9 Å². The standard InChI is InChI=1S/C18H21N3O2/c1-4-21(15-8-6-5-7-9-15)18(23)14-10-11-19-16(12-14)17(22)20-13(2)3/h5-13H,4H2,1-3H3,(H,20,22). The highest BCUT2D eigenvalue weighted by molar-refractivity contribution is 6.07. The van der Waals surface area contributed by atoms with E-state index in [-0.39, 0.29) is 23.6 Å². The van der Waals surface area contributed by atoms with Gasteiger partial charge in [-0.2, -0.15) is 0 Å². The molecule has 2 amide bonds. The predicted octanol–water partition coefficient (Wildman–Crippen LogP) is 2.89. The Kier molecular flexibility index (Phi) is 5.46. The summed E-state index contributed by atoms with van der Waals surface area (Å²) in [4.78, 5) is 30.5. The molecule has 0 aliphatic rings. The van der Waals surface area contributed by atoms with Crippen LogP contribution in [0.25, 0.3) is 0 Å². The Morgan fingerprint density at radius 3 is 2.48 bits per heavy atom. The van der Waals surface area contributed by atoms with E-state index in [9.17, 15) is 9.59 Å². The number of anilines is 1. The lowest BCUT2D eigenvalue weighted by Gasteiger charge is -2.21. The minimum Gasteiger partial charge on any atom is -0.349 e. The zero-order valence-corrected chi connectivity index (χ0v) is 13.6. The number of aromatic nitrogens is 1. The number of rotatable bonds is 5. The van der Waals surface area contributed by atoms with Gasteiger partial charge in [0.2, 0.25) is 0 Å². The second-order valence-corrected chi connectivity index (χ2v) is 5.44. The van der Waals surface area contributed by atoms with Crippen LogP contribution in [0.2, 0.25) is 0 Å². The molecular weight excluding hydrogens is 290 g/mol. The summed E-state index contributed by atoms with van der Waals surface area (Å²) in [5.74, 6) is -0.433. The van der Waals surface area contributed by atoms with Crippen LogP contribution in [0.5, 0.6) is 0 Å². The first kappa shape index (κ1) is 16.7. The molecule has 0 saturated carbocycles. The average Bonchev–Trinajstić information content (AvgIpc) is 2.56. The summed E-state index contributed by atoms with van der Waals surface area (Å²) in [5, 5.41) is 2.77. The van der Waals surface area contributed by atoms with Crippen molar-refractivity contribution >= 4 is 17.5 Å². The maximum absolute atomic E-state index is 12.7. The van der Waals surface area contributed by atoms with Gasteiger partial charge in [0.15, 0.2) is 0 Å². The van der Waals surface area contributed by atoms with E-state index in [1.165, 1.54) is 12.3 Å². The molecule has 0 spiro atoms. The molecule has 2 aromatic rings. The molecule has 0 aliphatic heterocycles. The van der Waals surface area contributed by atoms with Crippen molar-refractivity contribution in [1.82, 2.24) is 10.3 Å². The monoisotopic (exact) mass is 311 g/mol. The maximum Gasteiger partial charge on any atom is 0.270 e. The molecule has 1 N–H and O–H groups in total. The van der Waals surface area contributed by atoms with Gasteiger partial charge >= 0.3 is 0 Å². The predicted molar refractivity (Wildman–Crippen MR) is 90.6 cm³/mol. The fraction of sp³-hybridized carbons (Fsp3) is 0.278. The van der Waals surface area contributed by atoms with Crippen molar-refractivity contribution < 1.29 is 9.59 Å². The molecule has 120 valence electrons. The van der Waals surface area contributed by atoms with Gasteiger partial charge in [-0.25, -0.2) is 0 Å². The van der Waals surface area contributed by atoms with Crippen molar-refractivity contribution in [1.29, 1.82) is 0 Å². The summed E-state index contributed by atoms with van der Waals surface area (Å²) >= 11 is 0. The number of hydrogen-bond acceptors (Lipinski definition) is 3. The first-order valence-electron chi connectivity index (χ1n) is 7.66. The summed E-state index contributed by atoms with van der Waals surface area (Å²) in [6.45, 7) is 6.21. The second kappa shape index (κ2) is 7.54. The van der Waals surface area contributed by atoms with Crippen LogP contribution in [-0.2, 0) is 0 Å². The third-order valence-corrected chi connectivity index (χ3v) is 3.29. The zero-order chi connectivity index (χ0) is 16.8. The van der Waals surface area contributed by atoms with Crippen LogP contribution in [0.3, 0.4) is 0 Å². The van der Waals surface area contributed by atoms with E-state index in [0.717, 1.165) is 5.69 Å². The van der Waals surface area contributed by atoms with Gasteiger partial charge in [-0.3, -0.25) is 14.6 Å². The maximum atomic E-state index is 12.7. The molecule has 0 radical (unpaired) electrons. The highest BCUT2D eigenvalue weighted by Gasteiger charge is 2.18. The zero-order valence-electron chi connectivity index (χ0n) is 13.6. The number of benzene rings is 1. The lowest BCUT2D eigenvalue weighted by Crippen LogP contribution is -2.32. The molecule has 0 atom stereocenters. The molecule has 2 rings (SSSR count). The Bertz CT molecular complexity index is 684. The molecule has 23 heavy (non-hydrogen) atoms. The molecule has 0 fully saturated rings. The van der Waals surface area contributed by atoms with Crippen LogP contribution in [0.4, 0.5) is 5.69 Å². The molecule has 1 aromatic carbocycles. The second-order valence-electron chi connectivity index (χ2n) is 5.44. The molecule has 5 heteroatoms. The van der Waals surface area contributed by atoms with E-state index < -0.39 is 0 Å². The van der Waals surface area contributed by atoms with Crippen molar-refractivity contribution in [2.45, 2.75) is 26.8 Å². The van der Waals surface area contributed by atoms with Gasteiger partial charge in [0.05, 0.1) is 0 Å². The quantitative estimate of drug-likeness (QED) is 0.923. The number of hydrogen-bond donors (Lipinski definition) is 1. The minimum absolute atomic E-state index is 0.0140. The van der Waals surface area contributed by atoms with Crippen LogP contribution in [-0.4, -0.2) is 29.4 Å². The SMILES string of the molecule is CCN(C(=O)c1ccnc(C(=O)NC(C)C)c1)c1ccccc1. The van der Waals surface area contributed by atoms with E-state index in [1.54, 1.807) is 11.0 Å². The number of carbonyl (C=O) groups is 2. The van der Waals surface area contributed by atoms with Crippen molar-refractivity contribution in [2.24, 2.45) is 0 Å². The van der Waals surface area contributed by atoms with Gasteiger partial charge in [-0.05, 0) is 45.0 Å². The Labute approximate surface area is 136 Å². The van der Waals surface area contributed by atoms with Crippen molar-refractivity contribution in [2.75, 3.05) is 11.4 Å². The molecular formula is C18H21N3O2. The Morgan fingerprint density at radius 1 is 1.17 bits per heavy atom. The van der Waals surface area contributed by atoms with Crippen molar-refractivity contribution in [3.8, 4) is 0 Å².